The van der Waals surface area contributed by atoms with Crippen molar-refractivity contribution in [3.8, 4) is 6.07 Å². The van der Waals surface area contributed by atoms with Gasteiger partial charge in [0, 0.05) is 5.69 Å². The van der Waals surface area contributed by atoms with Crippen LogP contribution in [0.5, 0.6) is 0 Å². The molecule has 0 unspecified atom stereocenters. The van der Waals surface area contributed by atoms with E-state index in [0.717, 1.165) is 5.56 Å². The van der Waals surface area contributed by atoms with E-state index in [4.69, 9.17) is 5.26 Å². The fourth-order valence-electron chi connectivity index (χ4n) is 1.59. The van der Waals surface area contributed by atoms with Crippen LogP contribution in [0, 0.1) is 24.1 Å². The summed E-state index contributed by atoms with van der Waals surface area (Å²) < 4.78 is 13.8. The average molecular weight is 305 g/mol. The van der Waals surface area contributed by atoms with Crippen molar-refractivity contribution in [3.05, 3.63) is 57.8 Å². The highest BCUT2D eigenvalue weighted by atomic mass is 79.9. The summed E-state index contributed by atoms with van der Waals surface area (Å²) in [6.45, 7) is 1.92. The van der Waals surface area contributed by atoms with Gasteiger partial charge >= 0.3 is 0 Å². The minimum Gasteiger partial charge on any atom is -0.354 e. The molecule has 0 aliphatic heterocycles. The van der Waals surface area contributed by atoms with Gasteiger partial charge in [-0.3, -0.25) is 0 Å². The molecular formula is C14H10BrFN2. The van der Waals surface area contributed by atoms with E-state index in [1.807, 2.05) is 19.1 Å². The minimum absolute atomic E-state index is 0.342. The average Bonchev–Trinajstić information content (AvgIpc) is 2.36. The van der Waals surface area contributed by atoms with Gasteiger partial charge in [-0.2, -0.15) is 5.26 Å². The van der Waals surface area contributed by atoms with Gasteiger partial charge in [0.1, 0.15) is 11.9 Å². The first-order chi connectivity index (χ1) is 8.60. The number of nitriles is 1. The quantitative estimate of drug-likeness (QED) is 0.886. The van der Waals surface area contributed by atoms with Gasteiger partial charge in [0.05, 0.1) is 15.7 Å². The molecule has 0 heterocycles. The predicted octanol–water partition coefficient (Wildman–Crippen LogP) is 4.51. The highest BCUT2D eigenvalue weighted by molar-refractivity contribution is 9.10. The smallest absolute Gasteiger partial charge is 0.139 e. The van der Waals surface area contributed by atoms with Gasteiger partial charge in [0.2, 0.25) is 0 Å². The highest BCUT2D eigenvalue weighted by Crippen LogP contribution is 2.24. The van der Waals surface area contributed by atoms with E-state index in [1.54, 1.807) is 18.2 Å². The summed E-state index contributed by atoms with van der Waals surface area (Å²) in [5.74, 6) is -0.342. The molecule has 0 fully saturated rings. The van der Waals surface area contributed by atoms with E-state index in [1.165, 1.54) is 6.07 Å². The Morgan fingerprint density at radius 2 is 2.00 bits per heavy atom. The first-order valence-corrected chi connectivity index (χ1v) is 6.12. The Morgan fingerprint density at radius 1 is 1.22 bits per heavy atom. The number of anilines is 2. The predicted molar refractivity (Wildman–Crippen MR) is 73.3 cm³/mol. The Balaban J connectivity index is 2.34. The zero-order valence-electron chi connectivity index (χ0n) is 9.67. The van der Waals surface area contributed by atoms with Gasteiger partial charge in [-0.05, 0) is 58.7 Å². The van der Waals surface area contributed by atoms with Crippen LogP contribution in [-0.4, -0.2) is 0 Å². The number of nitrogens with zero attached hydrogens (tertiary/aromatic N) is 1. The second-order valence-corrected chi connectivity index (χ2v) is 4.77. The third kappa shape index (κ3) is 2.69. The molecule has 2 rings (SSSR count). The van der Waals surface area contributed by atoms with Crippen LogP contribution in [0.4, 0.5) is 15.8 Å². The van der Waals surface area contributed by atoms with Gasteiger partial charge in [-0.25, -0.2) is 4.39 Å². The van der Waals surface area contributed by atoms with Crippen molar-refractivity contribution in [1.82, 2.24) is 0 Å². The molecule has 2 aromatic rings. The van der Waals surface area contributed by atoms with Crippen molar-refractivity contribution >= 4 is 27.3 Å². The topological polar surface area (TPSA) is 35.8 Å². The molecule has 0 radical (unpaired) electrons. The van der Waals surface area contributed by atoms with Gasteiger partial charge < -0.3 is 5.32 Å². The maximum absolute atomic E-state index is 13.4. The molecule has 0 bridgehead atoms. The van der Waals surface area contributed by atoms with Crippen molar-refractivity contribution in [2.24, 2.45) is 0 Å². The minimum atomic E-state index is -0.342. The van der Waals surface area contributed by atoms with Gasteiger partial charge in [0.15, 0.2) is 0 Å². The van der Waals surface area contributed by atoms with Crippen molar-refractivity contribution < 1.29 is 4.39 Å². The van der Waals surface area contributed by atoms with E-state index < -0.39 is 0 Å². The van der Waals surface area contributed by atoms with Crippen LogP contribution < -0.4 is 5.32 Å². The van der Waals surface area contributed by atoms with Gasteiger partial charge in [-0.15, -0.1) is 0 Å². The van der Waals surface area contributed by atoms with E-state index in [2.05, 4.69) is 27.3 Å². The zero-order valence-corrected chi connectivity index (χ0v) is 11.3. The van der Waals surface area contributed by atoms with E-state index in [0.29, 0.717) is 21.4 Å². The van der Waals surface area contributed by atoms with Crippen molar-refractivity contribution in [1.29, 1.82) is 5.26 Å². The number of benzene rings is 2. The Labute approximate surface area is 113 Å². The van der Waals surface area contributed by atoms with Gasteiger partial charge in [-0.1, -0.05) is 6.07 Å². The SMILES string of the molecule is Cc1ccc(Nc2ccc(Br)c(F)c2)c(C#N)c1. The summed E-state index contributed by atoms with van der Waals surface area (Å²) in [7, 11) is 0. The molecule has 18 heavy (non-hydrogen) atoms. The molecular weight excluding hydrogens is 295 g/mol. The molecule has 0 aliphatic rings. The first-order valence-electron chi connectivity index (χ1n) is 5.33. The van der Waals surface area contributed by atoms with E-state index >= 15 is 0 Å². The number of hydrogen-bond donors (Lipinski definition) is 1. The molecule has 0 amide bonds. The second-order valence-electron chi connectivity index (χ2n) is 3.91. The fraction of sp³-hybridized carbons (Fsp3) is 0.0714. The molecule has 2 nitrogen and oxygen atoms in total. The Hall–Kier alpha value is -1.86. The monoisotopic (exact) mass is 304 g/mol. The Bertz CT molecular complexity index is 632. The fourth-order valence-corrected chi connectivity index (χ4v) is 1.84. The maximum Gasteiger partial charge on any atom is 0.139 e. The molecule has 0 spiro atoms. The third-order valence-corrected chi connectivity index (χ3v) is 3.14. The Kier molecular flexibility index (Phi) is 3.63. The summed E-state index contributed by atoms with van der Waals surface area (Å²) in [6, 6.07) is 12.4. The highest BCUT2D eigenvalue weighted by Gasteiger charge is 2.05. The molecule has 2 aromatic carbocycles. The molecule has 90 valence electrons. The van der Waals surface area contributed by atoms with Crippen LogP contribution in [0.15, 0.2) is 40.9 Å². The van der Waals surface area contributed by atoms with Crippen LogP contribution in [0.1, 0.15) is 11.1 Å². The molecule has 0 aliphatic carbocycles. The molecule has 4 heteroatoms. The molecule has 1 N–H and O–H groups in total. The second kappa shape index (κ2) is 5.19. The van der Waals surface area contributed by atoms with Crippen molar-refractivity contribution in [2.75, 3.05) is 5.32 Å². The zero-order chi connectivity index (χ0) is 13.1. The largest absolute Gasteiger partial charge is 0.354 e. The lowest BCUT2D eigenvalue weighted by Gasteiger charge is -2.09. The van der Waals surface area contributed by atoms with Crippen LogP contribution in [0.2, 0.25) is 0 Å². The summed E-state index contributed by atoms with van der Waals surface area (Å²) in [5.41, 5.74) is 2.83. The van der Waals surface area contributed by atoms with Crippen LogP contribution >= 0.6 is 15.9 Å². The van der Waals surface area contributed by atoms with E-state index in [-0.39, 0.29) is 5.82 Å². The number of nitrogens with one attached hydrogen (secondary N) is 1. The Morgan fingerprint density at radius 3 is 2.67 bits per heavy atom. The molecule has 0 aromatic heterocycles. The molecule has 0 saturated heterocycles. The van der Waals surface area contributed by atoms with Crippen LogP contribution in [0.25, 0.3) is 0 Å². The molecule has 0 atom stereocenters. The maximum atomic E-state index is 13.4. The summed E-state index contributed by atoms with van der Waals surface area (Å²) in [5, 5.41) is 12.1. The molecule has 0 saturated carbocycles. The lowest BCUT2D eigenvalue weighted by atomic mass is 10.1. The first kappa shape index (κ1) is 12.6. The standard InChI is InChI=1S/C14H10BrFN2/c1-9-2-5-14(10(6-9)8-17)18-11-3-4-12(15)13(16)7-11/h2-7,18H,1H3. The summed E-state index contributed by atoms with van der Waals surface area (Å²) in [4.78, 5) is 0. The number of hydrogen-bond acceptors (Lipinski definition) is 2. The van der Waals surface area contributed by atoms with Crippen LogP contribution in [0.3, 0.4) is 0 Å². The number of halogens is 2. The van der Waals surface area contributed by atoms with Gasteiger partial charge in [0.25, 0.3) is 0 Å². The summed E-state index contributed by atoms with van der Waals surface area (Å²) in [6.07, 6.45) is 0. The lowest BCUT2D eigenvalue weighted by molar-refractivity contribution is 0.622. The summed E-state index contributed by atoms with van der Waals surface area (Å²) >= 11 is 3.10. The lowest BCUT2D eigenvalue weighted by Crippen LogP contribution is -1.95. The third-order valence-electron chi connectivity index (χ3n) is 2.49. The number of aryl methyl sites for hydroxylation is 1. The van der Waals surface area contributed by atoms with Crippen molar-refractivity contribution in [3.63, 3.8) is 0 Å². The normalized spacial score (nSPS) is 9.89. The van der Waals surface area contributed by atoms with Crippen molar-refractivity contribution in [2.45, 2.75) is 6.92 Å². The number of rotatable bonds is 2. The van der Waals surface area contributed by atoms with Crippen LogP contribution in [-0.2, 0) is 0 Å². The van der Waals surface area contributed by atoms with E-state index in [9.17, 15) is 4.39 Å².